The molecule has 3 atom stereocenters. The molecule has 0 saturated heterocycles. The van der Waals surface area contributed by atoms with Crippen molar-refractivity contribution in [2.75, 3.05) is 20.0 Å². The number of hydrogen-bond acceptors (Lipinski definition) is 4. The van der Waals surface area contributed by atoms with Gasteiger partial charge in [-0.3, -0.25) is 0 Å². The number of halogens is 1. The summed E-state index contributed by atoms with van der Waals surface area (Å²) in [7, 11) is -1.78. The molecule has 2 N–H and O–H groups in total. The first-order valence-corrected chi connectivity index (χ1v) is 8.72. The number of methoxy groups -OCH3 is 1. The molecule has 1 aliphatic carbocycles. The molecule has 1 saturated carbocycles. The Hall–Kier alpha value is -0.690. The fourth-order valence-electron chi connectivity index (χ4n) is 2.95. The number of rotatable bonds is 5. The van der Waals surface area contributed by atoms with E-state index >= 15 is 0 Å². The molecule has 0 spiro atoms. The Bertz CT molecular complexity index is 630. The van der Waals surface area contributed by atoms with Gasteiger partial charge in [-0.05, 0) is 17.7 Å². The monoisotopic (exact) mass is 333 g/mol. The van der Waals surface area contributed by atoms with Crippen LogP contribution >= 0.6 is 23.8 Å². The second-order valence-electron chi connectivity index (χ2n) is 5.12. The highest BCUT2D eigenvalue weighted by atomic mass is 35.5. The van der Waals surface area contributed by atoms with E-state index in [9.17, 15) is 8.42 Å². The first-order valence-electron chi connectivity index (χ1n) is 5.98. The van der Waals surface area contributed by atoms with Gasteiger partial charge in [0, 0.05) is 24.3 Å². The van der Waals surface area contributed by atoms with E-state index in [1.54, 1.807) is 24.3 Å². The molecule has 0 heterocycles. The van der Waals surface area contributed by atoms with E-state index in [-0.39, 0.29) is 17.5 Å². The highest BCUT2D eigenvalue weighted by Crippen LogP contribution is 2.63. The fraction of sp³-hybridized carbons (Fsp3) is 0.462. The molecule has 2 rings (SSSR count). The van der Waals surface area contributed by atoms with Crippen LogP contribution in [0.3, 0.4) is 0 Å². The van der Waals surface area contributed by atoms with Crippen LogP contribution in [-0.4, -0.2) is 38.6 Å². The Morgan fingerprint density at radius 1 is 1.45 bits per heavy atom. The molecular formula is C13H16ClNO3S2. The maximum atomic E-state index is 12.0. The highest BCUT2D eigenvalue weighted by molar-refractivity contribution is 7.92. The summed E-state index contributed by atoms with van der Waals surface area (Å²) >= 11 is 11.0. The summed E-state index contributed by atoms with van der Waals surface area (Å²) in [5.74, 6) is -0.285. The van der Waals surface area contributed by atoms with Crippen LogP contribution in [0, 0.1) is 5.41 Å². The Balaban J connectivity index is 2.49. The molecule has 0 unspecified atom stereocenters. The van der Waals surface area contributed by atoms with Gasteiger partial charge in [0.15, 0.2) is 9.84 Å². The van der Waals surface area contributed by atoms with Gasteiger partial charge in [0.2, 0.25) is 0 Å². The summed E-state index contributed by atoms with van der Waals surface area (Å²) in [6.45, 7) is 0.188. The number of thiocarbonyl (C=S) groups is 1. The summed E-state index contributed by atoms with van der Waals surface area (Å²) in [6, 6.07) is 7.07. The summed E-state index contributed by atoms with van der Waals surface area (Å²) in [6.07, 6.45) is 1.20. The zero-order valence-electron chi connectivity index (χ0n) is 11.2. The van der Waals surface area contributed by atoms with Crippen LogP contribution in [-0.2, 0) is 14.6 Å². The Morgan fingerprint density at radius 3 is 2.40 bits per heavy atom. The van der Waals surface area contributed by atoms with Gasteiger partial charge in [-0.1, -0.05) is 36.0 Å². The number of benzene rings is 1. The molecule has 1 aromatic rings. The van der Waals surface area contributed by atoms with E-state index < -0.39 is 20.5 Å². The highest BCUT2D eigenvalue weighted by Gasteiger charge is 2.71. The standard InChI is InChI=1S/C13H16ClNO3S2/c1-18-7-13(12(15)19)10(11(13)20(2,16)17)8-3-5-9(14)6-4-8/h3-6,10-11H,7H2,1-2H3,(H2,15,19)/t10-,11+,13-/m1/s1. The van der Waals surface area contributed by atoms with Crippen LogP contribution in [0.25, 0.3) is 0 Å². The van der Waals surface area contributed by atoms with Crippen molar-refractivity contribution in [1.29, 1.82) is 0 Å². The minimum atomic E-state index is -3.29. The molecule has 1 fully saturated rings. The van der Waals surface area contributed by atoms with Gasteiger partial charge in [-0.15, -0.1) is 0 Å². The van der Waals surface area contributed by atoms with E-state index in [4.69, 9.17) is 34.3 Å². The molecule has 4 nitrogen and oxygen atoms in total. The van der Waals surface area contributed by atoms with Crippen LogP contribution in [0.1, 0.15) is 11.5 Å². The first-order chi connectivity index (χ1) is 9.25. The largest absolute Gasteiger partial charge is 0.393 e. The van der Waals surface area contributed by atoms with Gasteiger partial charge in [0.25, 0.3) is 0 Å². The predicted octanol–water partition coefficient (Wildman–Crippen LogP) is 1.77. The molecule has 0 aliphatic heterocycles. The average Bonchev–Trinajstić information content (AvgIpc) is 3.01. The van der Waals surface area contributed by atoms with Crippen molar-refractivity contribution in [2.45, 2.75) is 11.2 Å². The molecule has 20 heavy (non-hydrogen) atoms. The van der Waals surface area contributed by atoms with E-state index in [0.717, 1.165) is 5.56 Å². The van der Waals surface area contributed by atoms with E-state index in [2.05, 4.69) is 0 Å². The number of sulfone groups is 1. The third-order valence-corrected chi connectivity index (χ3v) is 6.04. The Kier molecular flexibility index (Phi) is 4.12. The second-order valence-corrected chi connectivity index (χ2v) is 8.16. The van der Waals surface area contributed by atoms with Gasteiger partial charge >= 0.3 is 0 Å². The maximum Gasteiger partial charge on any atom is 0.152 e. The van der Waals surface area contributed by atoms with Gasteiger partial charge < -0.3 is 10.5 Å². The summed E-state index contributed by atoms with van der Waals surface area (Å²) in [4.78, 5) is 0.176. The van der Waals surface area contributed by atoms with Crippen molar-refractivity contribution in [3.63, 3.8) is 0 Å². The van der Waals surface area contributed by atoms with Crippen LogP contribution in [0.2, 0.25) is 5.02 Å². The number of hydrogen-bond donors (Lipinski definition) is 1. The topological polar surface area (TPSA) is 69.4 Å². The molecule has 0 aromatic heterocycles. The Morgan fingerprint density at radius 2 is 2.00 bits per heavy atom. The third-order valence-electron chi connectivity index (χ3n) is 3.79. The lowest BCUT2D eigenvalue weighted by Crippen LogP contribution is -2.32. The van der Waals surface area contributed by atoms with Crippen molar-refractivity contribution in [3.05, 3.63) is 34.9 Å². The van der Waals surface area contributed by atoms with Crippen LogP contribution in [0.15, 0.2) is 24.3 Å². The van der Waals surface area contributed by atoms with Crippen molar-refractivity contribution in [1.82, 2.24) is 0 Å². The van der Waals surface area contributed by atoms with E-state index in [1.807, 2.05) is 0 Å². The average molecular weight is 334 g/mol. The minimum absolute atomic E-state index is 0.176. The van der Waals surface area contributed by atoms with Crippen molar-refractivity contribution < 1.29 is 13.2 Å². The fourth-order valence-corrected chi connectivity index (χ4v) is 5.39. The summed E-state index contributed by atoms with van der Waals surface area (Å²) in [5, 5.41) is -0.0494. The summed E-state index contributed by atoms with van der Waals surface area (Å²) < 4.78 is 29.3. The number of ether oxygens (including phenoxy) is 1. The van der Waals surface area contributed by atoms with Crippen molar-refractivity contribution >= 4 is 38.6 Å². The SMILES string of the molecule is COC[C@@]1(C(N)=S)[C@H](c2ccc(Cl)cc2)[C@@H]1S(C)(=O)=O. The molecule has 0 bridgehead atoms. The number of nitrogens with two attached hydrogens (primary N) is 1. The van der Waals surface area contributed by atoms with Crippen molar-refractivity contribution in [2.24, 2.45) is 11.1 Å². The van der Waals surface area contributed by atoms with Gasteiger partial charge in [-0.2, -0.15) is 0 Å². The lowest BCUT2D eigenvalue weighted by atomic mass is 10.00. The van der Waals surface area contributed by atoms with Gasteiger partial charge in [-0.25, -0.2) is 8.42 Å². The van der Waals surface area contributed by atoms with Crippen LogP contribution in [0.4, 0.5) is 0 Å². The quantitative estimate of drug-likeness (QED) is 0.832. The molecule has 110 valence electrons. The molecule has 7 heteroatoms. The minimum Gasteiger partial charge on any atom is -0.393 e. The van der Waals surface area contributed by atoms with Crippen LogP contribution < -0.4 is 5.73 Å². The van der Waals surface area contributed by atoms with Crippen LogP contribution in [0.5, 0.6) is 0 Å². The lowest BCUT2D eigenvalue weighted by molar-refractivity contribution is 0.166. The molecular weight excluding hydrogens is 318 g/mol. The van der Waals surface area contributed by atoms with Gasteiger partial charge in [0.1, 0.15) is 0 Å². The second kappa shape index (κ2) is 5.26. The first kappa shape index (κ1) is 15.7. The molecule has 1 aromatic carbocycles. The predicted molar refractivity (Wildman–Crippen MR) is 83.9 cm³/mol. The third kappa shape index (κ3) is 2.45. The zero-order valence-corrected chi connectivity index (χ0v) is 13.6. The smallest absolute Gasteiger partial charge is 0.152 e. The zero-order chi connectivity index (χ0) is 15.1. The maximum absolute atomic E-state index is 12.0. The lowest BCUT2D eigenvalue weighted by Gasteiger charge is -2.15. The summed E-state index contributed by atoms with van der Waals surface area (Å²) in [5.41, 5.74) is 5.85. The van der Waals surface area contributed by atoms with Crippen molar-refractivity contribution in [3.8, 4) is 0 Å². The Labute approximate surface area is 129 Å². The molecule has 1 aliphatic rings. The van der Waals surface area contributed by atoms with E-state index in [0.29, 0.717) is 5.02 Å². The van der Waals surface area contributed by atoms with Gasteiger partial charge in [0.05, 0.1) is 22.3 Å². The normalized spacial score (nSPS) is 29.1. The molecule has 0 radical (unpaired) electrons. The molecule has 0 amide bonds. The van der Waals surface area contributed by atoms with E-state index in [1.165, 1.54) is 13.4 Å².